The van der Waals surface area contributed by atoms with Crippen LogP contribution in [-0.2, 0) is 11.3 Å². The summed E-state index contributed by atoms with van der Waals surface area (Å²) in [6.45, 7) is 4.17. The number of aromatic amines is 1. The van der Waals surface area contributed by atoms with E-state index in [9.17, 15) is 4.79 Å². The van der Waals surface area contributed by atoms with Crippen molar-refractivity contribution in [2.75, 3.05) is 7.05 Å². The summed E-state index contributed by atoms with van der Waals surface area (Å²) in [5, 5.41) is 6.44. The number of nitrogens with one attached hydrogen (secondary N) is 1. The molecule has 1 heterocycles. The first-order valence-electron chi connectivity index (χ1n) is 5.36. The predicted molar refractivity (Wildman–Crippen MR) is 60.4 cm³/mol. The molecule has 1 amide bonds. The summed E-state index contributed by atoms with van der Waals surface area (Å²) in [4.78, 5) is 17.6. The standard InChI is InChI=1S/C10H19N5O/c1-4-5-10(2,11)9(16)15(3)6-8-12-7-13-14-8/h7H,4-6,11H2,1-3H3,(H,12,13,14). The zero-order valence-corrected chi connectivity index (χ0v) is 10.0. The fraction of sp³-hybridized carbons (Fsp3) is 0.700. The normalized spacial score (nSPS) is 14.5. The number of aromatic nitrogens is 3. The molecule has 1 aromatic rings. The first-order valence-corrected chi connectivity index (χ1v) is 5.36. The topological polar surface area (TPSA) is 87.9 Å². The Morgan fingerprint density at radius 1 is 1.69 bits per heavy atom. The van der Waals surface area contributed by atoms with E-state index in [0.717, 1.165) is 6.42 Å². The van der Waals surface area contributed by atoms with Crippen molar-refractivity contribution in [1.29, 1.82) is 0 Å². The second-order valence-electron chi connectivity index (χ2n) is 4.26. The molecule has 1 atom stereocenters. The van der Waals surface area contributed by atoms with Crippen molar-refractivity contribution in [2.24, 2.45) is 5.73 Å². The molecule has 3 N–H and O–H groups in total. The molecule has 0 aromatic carbocycles. The number of amides is 1. The summed E-state index contributed by atoms with van der Waals surface area (Å²) in [5.74, 6) is 0.578. The Balaban J connectivity index is 2.60. The second-order valence-corrected chi connectivity index (χ2v) is 4.26. The van der Waals surface area contributed by atoms with Crippen molar-refractivity contribution in [3.63, 3.8) is 0 Å². The molecule has 0 radical (unpaired) electrons. The molecule has 0 bridgehead atoms. The molecule has 16 heavy (non-hydrogen) atoms. The van der Waals surface area contributed by atoms with Crippen LogP contribution in [0.15, 0.2) is 6.33 Å². The van der Waals surface area contributed by atoms with Crippen molar-refractivity contribution in [3.05, 3.63) is 12.2 Å². The maximum atomic E-state index is 12.0. The number of nitrogens with two attached hydrogens (primary N) is 1. The fourth-order valence-corrected chi connectivity index (χ4v) is 1.67. The lowest BCUT2D eigenvalue weighted by Gasteiger charge is -2.28. The lowest BCUT2D eigenvalue weighted by Crippen LogP contribution is -2.51. The van der Waals surface area contributed by atoms with Crippen molar-refractivity contribution in [1.82, 2.24) is 20.1 Å². The van der Waals surface area contributed by atoms with Gasteiger partial charge < -0.3 is 10.6 Å². The van der Waals surface area contributed by atoms with Gasteiger partial charge in [-0.15, -0.1) is 0 Å². The van der Waals surface area contributed by atoms with E-state index >= 15 is 0 Å². The van der Waals surface area contributed by atoms with Gasteiger partial charge in [0.15, 0.2) is 0 Å². The summed E-state index contributed by atoms with van der Waals surface area (Å²) in [5.41, 5.74) is 5.16. The van der Waals surface area contributed by atoms with Gasteiger partial charge in [0.2, 0.25) is 5.91 Å². The van der Waals surface area contributed by atoms with Gasteiger partial charge in [0.1, 0.15) is 12.2 Å². The lowest BCUT2D eigenvalue weighted by molar-refractivity contribution is -0.136. The number of likely N-dealkylation sites (N-methyl/N-ethyl adjacent to an activating group) is 1. The quantitative estimate of drug-likeness (QED) is 0.753. The zero-order chi connectivity index (χ0) is 12.2. The second kappa shape index (κ2) is 5.07. The van der Waals surface area contributed by atoms with Crippen LogP contribution >= 0.6 is 0 Å². The van der Waals surface area contributed by atoms with Crippen LogP contribution in [0.1, 0.15) is 32.5 Å². The van der Waals surface area contributed by atoms with Gasteiger partial charge in [0.05, 0.1) is 12.1 Å². The lowest BCUT2D eigenvalue weighted by atomic mass is 9.96. The predicted octanol–water partition coefficient (Wildman–Crippen LogP) is 0.281. The average molecular weight is 225 g/mol. The summed E-state index contributed by atoms with van der Waals surface area (Å²) in [6, 6.07) is 0. The molecule has 1 aromatic heterocycles. The molecular weight excluding hydrogens is 206 g/mol. The maximum absolute atomic E-state index is 12.0. The molecule has 0 saturated carbocycles. The van der Waals surface area contributed by atoms with Crippen LogP contribution in [0.25, 0.3) is 0 Å². The Bertz CT molecular complexity index is 333. The number of rotatable bonds is 5. The van der Waals surface area contributed by atoms with Crippen molar-refractivity contribution < 1.29 is 4.79 Å². The molecular formula is C10H19N5O. The smallest absolute Gasteiger partial charge is 0.242 e. The largest absolute Gasteiger partial charge is 0.337 e. The van der Waals surface area contributed by atoms with E-state index in [1.165, 1.54) is 6.33 Å². The van der Waals surface area contributed by atoms with Gasteiger partial charge in [-0.2, -0.15) is 5.10 Å². The molecule has 6 heteroatoms. The maximum Gasteiger partial charge on any atom is 0.242 e. The molecule has 0 aliphatic rings. The highest BCUT2D eigenvalue weighted by Crippen LogP contribution is 2.12. The Kier molecular flexibility index (Phi) is 4.00. The highest BCUT2D eigenvalue weighted by atomic mass is 16.2. The summed E-state index contributed by atoms with van der Waals surface area (Å²) in [7, 11) is 1.71. The van der Waals surface area contributed by atoms with Gasteiger partial charge >= 0.3 is 0 Å². The van der Waals surface area contributed by atoms with Gasteiger partial charge in [-0.25, -0.2) is 4.98 Å². The molecule has 0 aliphatic heterocycles. The van der Waals surface area contributed by atoms with Crippen LogP contribution in [0.4, 0.5) is 0 Å². The minimum atomic E-state index is -0.802. The van der Waals surface area contributed by atoms with E-state index in [-0.39, 0.29) is 5.91 Å². The molecule has 0 fully saturated rings. The van der Waals surface area contributed by atoms with E-state index in [2.05, 4.69) is 15.2 Å². The number of carbonyl (C=O) groups excluding carboxylic acids is 1. The molecule has 1 unspecified atom stereocenters. The van der Waals surface area contributed by atoms with Gasteiger partial charge in [0.25, 0.3) is 0 Å². The van der Waals surface area contributed by atoms with Crippen LogP contribution in [0.3, 0.4) is 0 Å². The monoisotopic (exact) mass is 225 g/mol. The first kappa shape index (κ1) is 12.6. The Morgan fingerprint density at radius 2 is 2.38 bits per heavy atom. The average Bonchev–Trinajstić information content (AvgIpc) is 2.69. The van der Waals surface area contributed by atoms with E-state index in [4.69, 9.17) is 5.73 Å². The highest BCUT2D eigenvalue weighted by Gasteiger charge is 2.30. The first-order chi connectivity index (χ1) is 7.47. The molecule has 0 aliphatic carbocycles. The van der Waals surface area contributed by atoms with Gasteiger partial charge in [-0.1, -0.05) is 13.3 Å². The Labute approximate surface area is 95.2 Å². The van der Waals surface area contributed by atoms with E-state index in [1.807, 2.05) is 6.92 Å². The van der Waals surface area contributed by atoms with Crippen molar-refractivity contribution >= 4 is 5.91 Å². The van der Waals surface area contributed by atoms with E-state index < -0.39 is 5.54 Å². The fourth-order valence-electron chi connectivity index (χ4n) is 1.67. The van der Waals surface area contributed by atoms with Crippen LogP contribution in [-0.4, -0.2) is 38.6 Å². The third-order valence-electron chi connectivity index (χ3n) is 2.46. The van der Waals surface area contributed by atoms with E-state index in [0.29, 0.717) is 18.8 Å². The molecule has 90 valence electrons. The minimum Gasteiger partial charge on any atom is -0.337 e. The van der Waals surface area contributed by atoms with Crippen LogP contribution in [0.2, 0.25) is 0 Å². The molecule has 0 spiro atoms. The number of hydrogen-bond donors (Lipinski definition) is 2. The van der Waals surface area contributed by atoms with Crippen LogP contribution in [0.5, 0.6) is 0 Å². The van der Waals surface area contributed by atoms with Crippen molar-refractivity contribution in [3.8, 4) is 0 Å². The third kappa shape index (κ3) is 3.03. The number of hydrogen-bond acceptors (Lipinski definition) is 4. The SMILES string of the molecule is CCCC(C)(N)C(=O)N(C)Cc1ncn[nH]1. The number of H-pyrrole nitrogens is 1. The van der Waals surface area contributed by atoms with Crippen molar-refractivity contribution in [2.45, 2.75) is 38.8 Å². The molecule has 1 rings (SSSR count). The summed E-state index contributed by atoms with van der Waals surface area (Å²) < 4.78 is 0. The van der Waals surface area contributed by atoms with Gasteiger partial charge in [0, 0.05) is 7.05 Å². The molecule has 6 nitrogen and oxygen atoms in total. The van der Waals surface area contributed by atoms with Gasteiger partial charge in [-0.05, 0) is 13.3 Å². The highest BCUT2D eigenvalue weighted by molar-refractivity contribution is 5.85. The number of carbonyl (C=O) groups is 1. The molecule has 0 saturated heterocycles. The van der Waals surface area contributed by atoms with Gasteiger partial charge in [-0.3, -0.25) is 9.89 Å². The number of nitrogens with zero attached hydrogens (tertiary/aromatic N) is 3. The Morgan fingerprint density at radius 3 is 2.88 bits per heavy atom. The zero-order valence-electron chi connectivity index (χ0n) is 10.0. The van der Waals surface area contributed by atoms with Crippen LogP contribution in [0, 0.1) is 0 Å². The summed E-state index contributed by atoms with van der Waals surface area (Å²) in [6.07, 6.45) is 2.98. The third-order valence-corrected chi connectivity index (χ3v) is 2.46. The van der Waals surface area contributed by atoms with Crippen LogP contribution < -0.4 is 5.73 Å². The van der Waals surface area contributed by atoms with E-state index in [1.54, 1.807) is 18.9 Å². The minimum absolute atomic E-state index is 0.0780. The Hall–Kier alpha value is -1.43. The summed E-state index contributed by atoms with van der Waals surface area (Å²) >= 11 is 0.